The molecule has 1 aliphatic heterocycles. The number of fused-ring (bicyclic) bond motifs is 1. The summed E-state index contributed by atoms with van der Waals surface area (Å²) in [6.07, 6.45) is 0.213. The Morgan fingerprint density at radius 3 is 2.67 bits per heavy atom. The van der Waals surface area contributed by atoms with Crippen molar-refractivity contribution in [2.24, 2.45) is 11.8 Å². The molecule has 0 spiro atoms. The number of nitrogens with one attached hydrogen (secondary N) is 1. The van der Waals surface area contributed by atoms with Gasteiger partial charge in [0.1, 0.15) is 11.0 Å². The number of aliphatic hydroxyl groups is 1. The van der Waals surface area contributed by atoms with Crippen molar-refractivity contribution in [1.82, 2.24) is 14.6 Å². The average Bonchev–Trinajstić information content (AvgIpc) is 3.40. The average molecular weight is 572 g/mol. The Labute approximate surface area is 236 Å². The fourth-order valence-corrected chi connectivity index (χ4v) is 7.01. The molecule has 1 saturated heterocycles. The number of esters is 1. The highest BCUT2D eigenvalue weighted by Gasteiger charge is 2.35. The Bertz CT molecular complexity index is 1280. The molecule has 2 aromatic carbocycles. The predicted molar refractivity (Wildman–Crippen MR) is 153 cm³/mol. The molecule has 1 aromatic heterocycles. The van der Waals surface area contributed by atoms with Crippen LogP contribution in [0.2, 0.25) is 0 Å². The van der Waals surface area contributed by atoms with E-state index >= 15 is 0 Å². The highest BCUT2D eigenvalue weighted by atomic mass is 32.2. The third-order valence-corrected chi connectivity index (χ3v) is 9.16. The summed E-state index contributed by atoms with van der Waals surface area (Å²) in [5.74, 6) is -0.738. The van der Waals surface area contributed by atoms with Crippen LogP contribution in [0.5, 0.6) is 0 Å². The van der Waals surface area contributed by atoms with Gasteiger partial charge in [-0.15, -0.1) is 11.3 Å². The number of aromatic nitrogens is 1. The van der Waals surface area contributed by atoms with Crippen LogP contribution in [0.1, 0.15) is 45.6 Å². The van der Waals surface area contributed by atoms with Crippen molar-refractivity contribution in [3.8, 4) is 0 Å². The number of hydrogen-bond acceptors (Lipinski definition) is 7. The van der Waals surface area contributed by atoms with E-state index in [9.17, 15) is 18.9 Å². The number of carbonyl (C=O) groups excluding carboxylic acids is 2. The minimum atomic E-state index is -1.52. The first kappa shape index (κ1) is 29.3. The number of carbonyl (C=O) groups is 2. The van der Waals surface area contributed by atoms with Crippen molar-refractivity contribution < 1.29 is 23.6 Å². The van der Waals surface area contributed by atoms with Crippen LogP contribution in [-0.2, 0) is 31.7 Å². The van der Waals surface area contributed by atoms with Crippen LogP contribution in [0.3, 0.4) is 0 Å². The topological polar surface area (TPSA) is 109 Å². The van der Waals surface area contributed by atoms with Crippen LogP contribution in [0.15, 0.2) is 58.9 Å². The van der Waals surface area contributed by atoms with Gasteiger partial charge in [-0.25, -0.2) is 13.5 Å². The maximum Gasteiger partial charge on any atom is 0.309 e. The van der Waals surface area contributed by atoms with Crippen LogP contribution >= 0.6 is 11.3 Å². The predicted octanol–water partition coefficient (Wildman–Crippen LogP) is 4.10. The molecule has 210 valence electrons. The number of nitrogens with zero attached hydrogens (tertiary/aromatic N) is 2. The fourth-order valence-electron chi connectivity index (χ4n) is 4.79. The lowest BCUT2D eigenvalue weighted by Gasteiger charge is -2.32. The summed E-state index contributed by atoms with van der Waals surface area (Å²) in [6.45, 7) is 6.59. The number of hydrogen-bond donors (Lipinski definition) is 2. The van der Waals surface area contributed by atoms with Gasteiger partial charge >= 0.3 is 5.97 Å². The largest absolute Gasteiger partial charge is 0.452 e. The lowest BCUT2D eigenvalue weighted by molar-refractivity contribution is -0.166. The van der Waals surface area contributed by atoms with Gasteiger partial charge in [-0.1, -0.05) is 51.1 Å². The highest BCUT2D eigenvalue weighted by Crippen LogP contribution is 2.25. The second kappa shape index (κ2) is 13.6. The van der Waals surface area contributed by atoms with E-state index in [4.69, 9.17) is 4.74 Å². The van der Waals surface area contributed by atoms with Gasteiger partial charge in [0.15, 0.2) is 6.10 Å². The molecule has 0 saturated carbocycles. The number of thiazole rings is 1. The summed E-state index contributed by atoms with van der Waals surface area (Å²) in [6, 6.07) is 14.5. The van der Waals surface area contributed by atoms with Crippen LogP contribution in [0, 0.1) is 11.8 Å². The van der Waals surface area contributed by atoms with Gasteiger partial charge in [0, 0.05) is 13.1 Å². The fraction of sp³-hybridized carbons (Fsp3) is 0.483. The Morgan fingerprint density at radius 2 is 1.97 bits per heavy atom. The molecule has 10 heteroatoms. The molecule has 2 unspecified atom stereocenters. The van der Waals surface area contributed by atoms with Crippen LogP contribution < -0.4 is 5.32 Å². The maximum atomic E-state index is 13.7. The van der Waals surface area contributed by atoms with Gasteiger partial charge in [0.2, 0.25) is 0 Å². The maximum absolute atomic E-state index is 13.7. The van der Waals surface area contributed by atoms with E-state index < -0.39 is 35.1 Å². The Morgan fingerprint density at radius 1 is 1.21 bits per heavy atom. The van der Waals surface area contributed by atoms with Gasteiger partial charge in [-0.05, 0) is 55.4 Å². The van der Waals surface area contributed by atoms with Gasteiger partial charge in [-0.2, -0.15) is 0 Å². The van der Waals surface area contributed by atoms with Crippen molar-refractivity contribution >= 4 is 44.4 Å². The first-order valence-corrected chi connectivity index (χ1v) is 15.5. The number of ether oxygens (including phenoxy) is 1. The molecule has 1 fully saturated rings. The Balaban J connectivity index is 1.52. The number of amides is 1. The molecule has 0 aliphatic carbocycles. The zero-order valence-electron chi connectivity index (χ0n) is 22.6. The van der Waals surface area contributed by atoms with Crippen molar-refractivity contribution in [1.29, 1.82) is 0 Å². The molecule has 1 aliphatic rings. The first-order chi connectivity index (χ1) is 18.7. The van der Waals surface area contributed by atoms with Crippen molar-refractivity contribution in [3.63, 3.8) is 0 Å². The lowest BCUT2D eigenvalue weighted by atomic mass is 9.94. The van der Waals surface area contributed by atoms with Gasteiger partial charge in [-0.3, -0.25) is 9.59 Å². The summed E-state index contributed by atoms with van der Waals surface area (Å²) < 4.78 is 21.8. The molecule has 1 amide bonds. The number of aliphatic hydroxyl groups excluding tert-OH is 1. The van der Waals surface area contributed by atoms with E-state index in [2.05, 4.69) is 10.3 Å². The standard InChI is InChI=1S/C29H37N3O5S2/c1-4-21-10-13-26(37-29(21)35)28(34)31-24(14-20-8-6-5-7-9-20)25(33)17-32(16-19(2)3)39(36)22-11-12-23-27(15-22)38-18-30-23/h5-9,11-12,15,18-19,21,24-26,33H,4,10,13-14,16-17H2,1-3H3,(H,31,34)/t21?,24-,25+,26-,39?/m0/s1. The molecule has 8 nitrogen and oxygen atoms in total. The monoisotopic (exact) mass is 571 g/mol. The Kier molecular flexibility index (Phi) is 10.2. The number of rotatable bonds is 12. The second-order valence-electron chi connectivity index (χ2n) is 10.5. The van der Waals surface area contributed by atoms with Gasteiger partial charge in [0.25, 0.3) is 5.91 Å². The SMILES string of the molecule is CCC1CC[C@@H](C(=O)N[C@@H](Cc2ccccc2)[C@H](O)CN(CC(C)C)S(=O)c2ccc3ncsc3c2)OC1=O. The van der Waals surface area contributed by atoms with E-state index in [0.29, 0.717) is 37.1 Å². The number of cyclic esters (lactones) is 1. The summed E-state index contributed by atoms with van der Waals surface area (Å²) in [7, 11) is -1.52. The molecule has 2 heterocycles. The minimum Gasteiger partial charge on any atom is -0.452 e. The molecular formula is C29H37N3O5S2. The van der Waals surface area contributed by atoms with Gasteiger partial charge < -0.3 is 15.2 Å². The summed E-state index contributed by atoms with van der Waals surface area (Å²) >= 11 is 1.49. The lowest BCUT2D eigenvalue weighted by Crippen LogP contribution is -2.53. The molecular weight excluding hydrogens is 534 g/mol. The zero-order valence-corrected chi connectivity index (χ0v) is 24.2. The summed E-state index contributed by atoms with van der Waals surface area (Å²) in [5, 5.41) is 14.4. The summed E-state index contributed by atoms with van der Waals surface area (Å²) in [4.78, 5) is 30.4. The quantitative estimate of drug-likeness (QED) is 0.317. The van der Waals surface area contributed by atoms with E-state index in [0.717, 1.165) is 15.8 Å². The van der Waals surface area contributed by atoms with Crippen molar-refractivity contribution in [3.05, 3.63) is 59.6 Å². The molecule has 3 aromatic rings. The van der Waals surface area contributed by atoms with Crippen LogP contribution in [0.25, 0.3) is 10.2 Å². The van der Waals surface area contributed by atoms with Crippen molar-refractivity contribution in [2.75, 3.05) is 13.1 Å². The minimum absolute atomic E-state index is 0.0890. The molecule has 39 heavy (non-hydrogen) atoms. The third kappa shape index (κ3) is 7.72. The Hall–Kier alpha value is -2.66. The van der Waals surface area contributed by atoms with E-state index in [1.807, 2.05) is 69.3 Å². The first-order valence-electron chi connectivity index (χ1n) is 13.5. The molecule has 0 bridgehead atoms. The molecule has 0 radical (unpaired) electrons. The van der Waals surface area contributed by atoms with Crippen LogP contribution in [0.4, 0.5) is 0 Å². The molecule has 5 atom stereocenters. The summed E-state index contributed by atoms with van der Waals surface area (Å²) in [5.41, 5.74) is 3.56. The molecule has 2 N–H and O–H groups in total. The normalized spacial score (nSPS) is 20.1. The smallest absolute Gasteiger partial charge is 0.309 e. The van der Waals surface area contributed by atoms with E-state index in [1.54, 1.807) is 9.82 Å². The number of benzene rings is 2. The van der Waals surface area contributed by atoms with Crippen LogP contribution in [-0.4, -0.2) is 61.8 Å². The zero-order chi connectivity index (χ0) is 27.9. The highest BCUT2D eigenvalue weighted by molar-refractivity contribution is 7.82. The second-order valence-corrected chi connectivity index (χ2v) is 12.8. The third-order valence-electron chi connectivity index (χ3n) is 6.94. The van der Waals surface area contributed by atoms with E-state index in [1.165, 1.54) is 11.3 Å². The van der Waals surface area contributed by atoms with Crippen molar-refractivity contribution in [2.45, 2.75) is 69.6 Å². The molecule has 4 rings (SSSR count). The van der Waals surface area contributed by atoms with Gasteiger partial charge in [0.05, 0.1) is 38.7 Å². The van der Waals surface area contributed by atoms with E-state index in [-0.39, 0.29) is 24.3 Å².